The Morgan fingerprint density at radius 2 is 2.17 bits per heavy atom. The van der Waals surface area contributed by atoms with Crippen molar-refractivity contribution in [1.82, 2.24) is 4.98 Å². The number of benzene rings is 1. The number of rotatable bonds is 7. The summed E-state index contributed by atoms with van der Waals surface area (Å²) in [5.41, 5.74) is 0.996. The Labute approximate surface area is 148 Å². The van der Waals surface area contributed by atoms with Crippen LogP contribution in [0.3, 0.4) is 0 Å². The minimum Gasteiger partial charge on any atom is -0.496 e. The van der Waals surface area contributed by atoms with Crippen LogP contribution >= 0.6 is 23.1 Å². The first-order chi connectivity index (χ1) is 11.6. The lowest BCUT2D eigenvalue weighted by molar-refractivity contribution is -0.142. The fourth-order valence-electron chi connectivity index (χ4n) is 1.96. The SMILES string of the molecule is CCOC(=O)Cc1csc(NC(=O)c2ccc(SC)cc2OC)n1. The van der Waals surface area contributed by atoms with Gasteiger partial charge in [0, 0.05) is 10.3 Å². The number of nitrogens with zero attached hydrogens (tertiary/aromatic N) is 1. The van der Waals surface area contributed by atoms with E-state index in [9.17, 15) is 9.59 Å². The standard InChI is InChI=1S/C16H18N2O4S2/c1-4-22-14(19)7-10-9-24-16(17-10)18-15(20)12-6-5-11(23-3)8-13(12)21-2/h5-6,8-9H,4,7H2,1-3H3,(H,17,18,20). The minimum atomic E-state index is -0.338. The van der Waals surface area contributed by atoms with Crippen LogP contribution in [0.25, 0.3) is 0 Å². The summed E-state index contributed by atoms with van der Waals surface area (Å²) in [6.45, 7) is 2.08. The molecule has 0 radical (unpaired) electrons. The molecule has 1 heterocycles. The smallest absolute Gasteiger partial charge is 0.311 e. The van der Waals surface area contributed by atoms with Crippen molar-refractivity contribution in [1.29, 1.82) is 0 Å². The number of thioether (sulfide) groups is 1. The number of methoxy groups -OCH3 is 1. The number of carbonyl (C=O) groups is 2. The number of anilines is 1. The molecule has 0 fully saturated rings. The molecule has 2 aromatic rings. The summed E-state index contributed by atoms with van der Waals surface area (Å²) in [7, 11) is 1.52. The van der Waals surface area contributed by atoms with Crippen LogP contribution in [0.4, 0.5) is 5.13 Å². The fraction of sp³-hybridized carbons (Fsp3) is 0.312. The lowest BCUT2D eigenvalue weighted by atomic mass is 10.2. The number of esters is 1. The predicted octanol–water partition coefficient (Wildman–Crippen LogP) is 3.23. The lowest BCUT2D eigenvalue weighted by Gasteiger charge is -2.09. The third-order valence-corrected chi connectivity index (χ3v) is 4.59. The highest BCUT2D eigenvalue weighted by molar-refractivity contribution is 7.98. The number of nitrogens with one attached hydrogen (secondary N) is 1. The molecule has 0 spiro atoms. The number of hydrogen-bond donors (Lipinski definition) is 1. The van der Waals surface area contributed by atoms with E-state index in [4.69, 9.17) is 9.47 Å². The second-order valence-corrected chi connectivity index (χ2v) is 6.38. The molecule has 1 N–H and O–H groups in total. The van der Waals surface area contributed by atoms with Crippen molar-refractivity contribution >= 4 is 40.1 Å². The highest BCUT2D eigenvalue weighted by Crippen LogP contribution is 2.26. The first-order valence-corrected chi connectivity index (χ1v) is 9.31. The highest BCUT2D eigenvalue weighted by atomic mass is 32.2. The van der Waals surface area contributed by atoms with E-state index in [2.05, 4.69) is 10.3 Å². The van der Waals surface area contributed by atoms with E-state index in [0.29, 0.717) is 28.7 Å². The minimum absolute atomic E-state index is 0.0892. The normalized spacial score (nSPS) is 10.3. The molecule has 24 heavy (non-hydrogen) atoms. The van der Waals surface area contributed by atoms with Gasteiger partial charge in [0.15, 0.2) is 5.13 Å². The zero-order valence-electron chi connectivity index (χ0n) is 13.6. The van der Waals surface area contributed by atoms with Gasteiger partial charge in [-0.15, -0.1) is 23.1 Å². The molecule has 0 saturated heterocycles. The first-order valence-electron chi connectivity index (χ1n) is 7.20. The van der Waals surface area contributed by atoms with Crippen LogP contribution in [0, 0.1) is 0 Å². The summed E-state index contributed by atoms with van der Waals surface area (Å²) in [4.78, 5) is 29.1. The summed E-state index contributed by atoms with van der Waals surface area (Å²) in [6, 6.07) is 5.39. The zero-order valence-corrected chi connectivity index (χ0v) is 15.3. The maximum Gasteiger partial charge on any atom is 0.311 e. The largest absolute Gasteiger partial charge is 0.496 e. The van der Waals surface area contributed by atoms with E-state index in [1.165, 1.54) is 18.4 Å². The molecule has 0 bridgehead atoms. The fourth-order valence-corrected chi connectivity index (χ4v) is 3.09. The maximum atomic E-state index is 12.4. The van der Waals surface area contributed by atoms with Gasteiger partial charge in [0.2, 0.25) is 0 Å². The molecule has 0 unspecified atom stereocenters. The van der Waals surface area contributed by atoms with Gasteiger partial charge in [0.1, 0.15) is 5.75 Å². The Balaban J connectivity index is 2.07. The summed E-state index contributed by atoms with van der Waals surface area (Å²) in [6.07, 6.45) is 2.04. The van der Waals surface area contributed by atoms with E-state index < -0.39 is 0 Å². The van der Waals surface area contributed by atoms with Crippen LogP contribution < -0.4 is 10.1 Å². The van der Waals surface area contributed by atoms with Crippen LogP contribution in [0.15, 0.2) is 28.5 Å². The van der Waals surface area contributed by atoms with Gasteiger partial charge in [0.25, 0.3) is 5.91 Å². The van der Waals surface area contributed by atoms with Gasteiger partial charge in [-0.25, -0.2) is 4.98 Å². The molecule has 6 nitrogen and oxygen atoms in total. The van der Waals surface area contributed by atoms with Gasteiger partial charge >= 0.3 is 5.97 Å². The molecular weight excluding hydrogens is 348 g/mol. The zero-order chi connectivity index (χ0) is 17.5. The lowest BCUT2D eigenvalue weighted by Crippen LogP contribution is -2.13. The summed E-state index contributed by atoms with van der Waals surface area (Å²) in [5.74, 6) is -0.144. The van der Waals surface area contributed by atoms with E-state index in [0.717, 1.165) is 4.90 Å². The second kappa shape index (κ2) is 8.70. The van der Waals surface area contributed by atoms with Gasteiger partial charge in [-0.05, 0) is 31.4 Å². The monoisotopic (exact) mass is 366 g/mol. The van der Waals surface area contributed by atoms with Crippen molar-refractivity contribution in [3.8, 4) is 5.75 Å². The number of ether oxygens (including phenoxy) is 2. The molecule has 1 amide bonds. The Kier molecular flexibility index (Phi) is 6.62. The average Bonchev–Trinajstić information content (AvgIpc) is 3.01. The molecule has 8 heteroatoms. The quantitative estimate of drug-likeness (QED) is 0.599. The van der Waals surface area contributed by atoms with Gasteiger partial charge in [-0.2, -0.15) is 0 Å². The Hall–Kier alpha value is -2.06. The van der Waals surface area contributed by atoms with Crippen molar-refractivity contribution in [2.45, 2.75) is 18.2 Å². The first kappa shape index (κ1) is 18.3. The molecule has 1 aromatic carbocycles. The number of hydrogen-bond acceptors (Lipinski definition) is 7. The molecule has 0 aliphatic rings. The van der Waals surface area contributed by atoms with Gasteiger partial charge in [-0.1, -0.05) is 0 Å². The Bertz CT molecular complexity index is 731. The topological polar surface area (TPSA) is 77.5 Å². The summed E-state index contributed by atoms with van der Waals surface area (Å²) < 4.78 is 10.2. The summed E-state index contributed by atoms with van der Waals surface area (Å²) >= 11 is 2.83. The van der Waals surface area contributed by atoms with Gasteiger partial charge < -0.3 is 9.47 Å². The number of thiazole rings is 1. The second-order valence-electron chi connectivity index (χ2n) is 4.65. The Morgan fingerprint density at radius 3 is 2.83 bits per heavy atom. The van der Waals surface area contributed by atoms with Crippen LogP contribution in [-0.4, -0.2) is 36.8 Å². The third kappa shape index (κ3) is 4.72. The molecular formula is C16H18N2O4S2. The average molecular weight is 366 g/mol. The van der Waals surface area contributed by atoms with E-state index in [1.54, 1.807) is 30.1 Å². The number of amides is 1. The Morgan fingerprint density at radius 1 is 1.38 bits per heavy atom. The van der Waals surface area contributed by atoms with Crippen LogP contribution in [0.2, 0.25) is 0 Å². The van der Waals surface area contributed by atoms with Crippen molar-refractivity contribution in [3.63, 3.8) is 0 Å². The molecule has 128 valence electrons. The van der Waals surface area contributed by atoms with Crippen molar-refractivity contribution in [2.75, 3.05) is 25.3 Å². The summed E-state index contributed by atoms with van der Waals surface area (Å²) in [5, 5.41) is 4.87. The predicted molar refractivity (Wildman–Crippen MR) is 95.2 cm³/mol. The molecule has 2 rings (SSSR count). The van der Waals surface area contributed by atoms with Crippen LogP contribution in [0.1, 0.15) is 23.0 Å². The van der Waals surface area contributed by atoms with E-state index in [1.807, 2.05) is 18.4 Å². The van der Waals surface area contributed by atoms with Gasteiger partial charge in [0.05, 0.1) is 31.4 Å². The number of carbonyl (C=O) groups excluding carboxylic acids is 2. The van der Waals surface area contributed by atoms with Crippen molar-refractivity contribution < 1.29 is 19.1 Å². The molecule has 1 aromatic heterocycles. The molecule has 0 aliphatic heterocycles. The van der Waals surface area contributed by atoms with Gasteiger partial charge in [-0.3, -0.25) is 14.9 Å². The van der Waals surface area contributed by atoms with Crippen LogP contribution in [-0.2, 0) is 16.0 Å². The number of aromatic nitrogens is 1. The van der Waals surface area contributed by atoms with Crippen LogP contribution in [0.5, 0.6) is 5.75 Å². The molecule has 0 aliphatic carbocycles. The third-order valence-electron chi connectivity index (χ3n) is 3.06. The van der Waals surface area contributed by atoms with E-state index >= 15 is 0 Å². The van der Waals surface area contributed by atoms with E-state index in [-0.39, 0.29) is 18.3 Å². The van der Waals surface area contributed by atoms with Crippen molar-refractivity contribution in [2.24, 2.45) is 0 Å². The highest BCUT2D eigenvalue weighted by Gasteiger charge is 2.15. The maximum absolute atomic E-state index is 12.4. The van der Waals surface area contributed by atoms with Crippen molar-refractivity contribution in [3.05, 3.63) is 34.8 Å². The molecule has 0 saturated carbocycles. The molecule has 0 atom stereocenters.